The van der Waals surface area contributed by atoms with Crippen LogP contribution in [0.4, 0.5) is 0 Å². The second-order valence-corrected chi connectivity index (χ2v) is 13.1. The Morgan fingerprint density at radius 1 is 0.341 bits per heavy atom. The van der Waals surface area contributed by atoms with Gasteiger partial charge in [0.2, 0.25) is 0 Å². The molecule has 41 heavy (non-hydrogen) atoms. The molecule has 0 aromatic rings. The number of nitrogens with one attached hydrogen (secondary N) is 1. The van der Waals surface area contributed by atoms with Crippen molar-refractivity contribution in [3.63, 3.8) is 0 Å². The molecule has 0 aromatic heterocycles. The van der Waals surface area contributed by atoms with Crippen molar-refractivity contribution in [2.75, 3.05) is 32.8 Å². The number of nitrogens with two attached hydrogens (primary N) is 1. The zero-order valence-electron chi connectivity index (χ0n) is 28.6. The molecular weight excluding hydrogens is 500 g/mol. The number of unbranched alkanes of at least 4 members (excludes halogenated alkanes) is 29. The SMILES string of the molecule is CCCCCCCCCOCCCCCCCCCCCCCCCCCCCCCCCCNCCCCCN. The smallest absolute Gasteiger partial charge is 0.0466 e. The van der Waals surface area contributed by atoms with E-state index in [4.69, 9.17) is 10.5 Å². The van der Waals surface area contributed by atoms with Crippen molar-refractivity contribution in [3.05, 3.63) is 0 Å². The molecule has 0 spiro atoms. The van der Waals surface area contributed by atoms with Gasteiger partial charge in [0.05, 0.1) is 0 Å². The van der Waals surface area contributed by atoms with Gasteiger partial charge in [-0.25, -0.2) is 0 Å². The molecule has 0 aliphatic rings. The summed E-state index contributed by atoms with van der Waals surface area (Å²) in [5, 5.41) is 3.57. The zero-order chi connectivity index (χ0) is 29.6. The maximum absolute atomic E-state index is 5.82. The molecule has 3 nitrogen and oxygen atoms in total. The molecule has 0 aliphatic carbocycles. The highest BCUT2D eigenvalue weighted by Crippen LogP contribution is 2.15. The Morgan fingerprint density at radius 2 is 0.610 bits per heavy atom. The summed E-state index contributed by atoms with van der Waals surface area (Å²) in [7, 11) is 0. The van der Waals surface area contributed by atoms with Crippen molar-refractivity contribution in [1.82, 2.24) is 5.32 Å². The van der Waals surface area contributed by atoms with E-state index in [9.17, 15) is 0 Å². The summed E-state index contributed by atoms with van der Waals surface area (Å²) >= 11 is 0. The van der Waals surface area contributed by atoms with E-state index < -0.39 is 0 Å². The van der Waals surface area contributed by atoms with Gasteiger partial charge < -0.3 is 15.8 Å². The summed E-state index contributed by atoms with van der Waals surface area (Å²) in [6.45, 7) is 7.50. The third-order valence-electron chi connectivity index (χ3n) is 8.84. The van der Waals surface area contributed by atoms with Gasteiger partial charge in [0.25, 0.3) is 0 Å². The molecule has 0 unspecified atom stereocenters. The van der Waals surface area contributed by atoms with E-state index in [1.807, 2.05) is 0 Å². The molecule has 0 bridgehead atoms. The summed E-state index contributed by atoms with van der Waals surface area (Å²) in [5.74, 6) is 0. The second-order valence-electron chi connectivity index (χ2n) is 13.1. The van der Waals surface area contributed by atoms with E-state index in [0.29, 0.717) is 0 Å². The van der Waals surface area contributed by atoms with Gasteiger partial charge in [0, 0.05) is 13.2 Å². The standard InChI is InChI=1S/C38H80N2O/c1-2-3-4-5-23-26-32-37-41-38-33-27-24-21-19-17-15-13-11-9-7-6-8-10-12-14-16-18-20-22-25-30-35-40-36-31-28-29-34-39/h40H,2-39H2,1H3. The fourth-order valence-electron chi connectivity index (χ4n) is 5.95. The minimum atomic E-state index is 0.845. The molecule has 0 heterocycles. The van der Waals surface area contributed by atoms with Crippen molar-refractivity contribution >= 4 is 0 Å². The van der Waals surface area contributed by atoms with Gasteiger partial charge in [0.1, 0.15) is 0 Å². The van der Waals surface area contributed by atoms with E-state index in [1.54, 1.807) is 0 Å². The third-order valence-corrected chi connectivity index (χ3v) is 8.84. The average Bonchev–Trinajstić information content (AvgIpc) is 2.98. The normalized spacial score (nSPS) is 11.6. The molecule has 3 heteroatoms. The van der Waals surface area contributed by atoms with Crippen LogP contribution in [0.3, 0.4) is 0 Å². The molecule has 0 atom stereocenters. The molecule has 0 saturated heterocycles. The van der Waals surface area contributed by atoms with E-state index in [-0.39, 0.29) is 0 Å². The van der Waals surface area contributed by atoms with Crippen LogP contribution in [-0.4, -0.2) is 32.8 Å². The number of hydrogen-bond donors (Lipinski definition) is 2. The molecule has 0 aromatic carbocycles. The van der Waals surface area contributed by atoms with Crippen molar-refractivity contribution < 1.29 is 4.74 Å². The number of hydrogen-bond acceptors (Lipinski definition) is 3. The van der Waals surface area contributed by atoms with Gasteiger partial charge in [-0.2, -0.15) is 0 Å². The molecule has 3 N–H and O–H groups in total. The van der Waals surface area contributed by atoms with E-state index in [0.717, 1.165) is 19.8 Å². The average molecular weight is 581 g/mol. The summed E-state index contributed by atoms with van der Waals surface area (Å²) in [6.07, 6.45) is 45.1. The van der Waals surface area contributed by atoms with Crippen LogP contribution in [-0.2, 0) is 4.74 Å². The summed E-state index contributed by atoms with van der Waals surface area (Å²) < 4.78 is 5.82. The molecular formula is C38H80N2O. The Morgan fingerprint density at radius 3 is 0.927 bits per heavy atom. The largest absolute Gasteiger partial charge is 0.381 e. The first-order valence-electron chi connectivity index (χ1n) is 19.4. The molecule has 0 fully saturated rings. The summed E-state index contributed by atoms with van der Waals surface area (Å²) in [5.41, 5.74) is 5.53. The lowest BCUT2D eigenvalue weighted by molar-refractivity contribution is 0.125. The van der Waals surface area contributed by atoms with Gasteiger partial charge in [-0.15, -0.1) is 0 Å². The van der Waals surface area contributed by atoms with E-state index in [2.05, 4.69) is 12.2 Å². The monoisotopic (exact) mass is 581 g/mol. The van der Waals surface area contributed by atoms with Crippen LogP contribution in [0.15, 0.2) is 0 Å². The number of rotatable bonds is 38. The highest BCUT2D eigenvalue weighted by molar-refractivity contribution is 4.53. The second kappa shape index (κ2) is 39.9. The lowest BCUT2D eigenvalue weighted by atomic mass is 10.0. The van der Waals surface area contributed by atoms with Crippen molar-refractivity contribution in [3.8, 4) is 0 Å². The first kappa shape index (κ1) is 40.9. The lowest BCUT2D eigenvalue weighted by Gasteiger charge is -2.05. The first-order valence-corrected chi connectivity index (χ1v) is 19.4. The molecule has 0 amide bonds. The number of ether oxygens (including phenoxy) is 1. The van der Waals surface area contributed by atoms with Crippen molar-refractivity contribution in [2.45, 2.75) is 212 Å². The zero-order valence-corrected chi connectivity index (χ0v) is 28.6. The van der Waals surface area contributed by atoms with Crippen LogP contribution in [0, 0.1) is 0 Å². The van der Waals surface area contributed by atoms with Gasteiger partial charge in [-0.1, -0.05) is 180 Å². The molecule has 0 saturated carbocycles. The van der Waals surface area contributed by atoms with Crippen LogP contribution in [0.1, 0.15) is 212 Å². The molecule has 0 aliphatic heterocycles. The lowest BCUT2D eigenvalue weighted by Crippen LogP contribution is -2.16. The third kappa shape index (κ3) is 39.9. The highest BCUT2D eigenvalue weighted by atomic mass is 16.5. The maximum Gasteiger partial charge on any atom is 0.0466 e. The van der Waals surface area contributed by atoms with Crippen LogP contribution < -0.4 is 11.1 Å². The Labute approximate surface area is 260 Å². The van der Waals surface area contributed by atoms with E-state index in [1.165, 1.54) is 219 Å². The Hall–Kier alpha value is -0.120. The predicted molar refractivity (Wildman–Crippen MR) is 186 cm³/mol. The van der Waals surface area contributed by atoms with Crippen molar-refractivity contribution in [2.24, 2.45) is 5.73 Å². The summed E-state index contributed by atoms with van der Waals surface area (Å²) in [4.78, 5) is 0. The quantitative estimate of drug-likeness (QED) is 0.0714. The minimum Gasteiger partial charge on any atom is -0.381 e. The van der Waals surface area contributed by atoms with Crippen molar-refractivity contribution in [1.29, 1.82) is 0 Å². The predicted octanol–water partition coefficient (Wildman–Crippen LogP) is 12.1. The fourth-order valence-corrected chi connectivity index (χ4v) is 5.95. The van der Waals surface area contributed by atoms with E-state index >= 15 is 0 Å². The van der Waals surface area contributed by atoms with Crippen LogP contribution >= 0.6 is 0 Å². The fraction of sp³-hybridized carbons (Fsp3) is 1.00. The highest BCUT2D eigenvalue weighted by Gasteiger charge is 1.97. The summed E-state index contributed by atoms with van der Waals surface area (Å²) in [6, 6.07) is 0. The van der Waals surface area contributed by atoms with Gasteiger partial charge in [0.15, 0.2) is 0 Å². The topological polar surface area (TPSA) is 47.3 Å². The minimum absolute atomic E-state index is 0.845. The Balaban J connectivity index is 3.02. The Bertz CT molecular complexity index is 392. The molecule has 0 radical (unpaired) electrons. The van der Waals surface area contributed by atoms with Gasteiger partial charge >= 0.3 is 0 Å². The Kier molecular flexibility index (Phi) is 39.8. The van der Waals surface area contributed by atoms with Gasteiger partial charge in [-0.05, 0) is 51.7 Å². The maximum atomic E-state index is 5.82. The molecule has 248 valence electrons. The first-order chi connectivity index (χ1) is 20.4. The van der Waals surface area contributed by atoms with Crippen LogP contribution in [0.2, 0.25) is 0 Å². The van der Waals surface area contributed by atoms with Crippen LogP contribution in [0.25, 0.3) is 0 Å². The molecule has 0 rings (SSSR count). The van der Waals surface area contributed by atoms with Gasteiger partial charge in [-0.3, -0.25) is 0 Å². The van der Waals surface area contributed by atoms with Crippen LogP contribution in [0.5, 0.6) is 0 Å².